The third kappa shape index (κ3) is 3.50. The third-order valence-electron chi connectivity index (χ3n) is 3.06. The molecule has 1 aromatic heterocycles. The summed E-state index contributed by atoms with van der Waals surface area (Å²) < 4.78 is 0. The zero-order valence-corrected chi connectivity index (χ0v) is 12.8. The number of hydrogen-bond acceptors (Lipinski definition) is 3. The number of likely N-dealkylation sites (N-methyl/N-ethyl adjacent to an activating group) is 1. The molecule has 1 heterocycles. The average Bonchev–Trinajstić information content (AvgIpc) is 2.92. The Hall–Kier alpha value is -0.580. The molecular weight excluding hydrogens is 301 g/mol. The topological polar surface area (TPSA) is 32.3 Å². The number of aliphatic hydroxyl groups excluding tert-OH is 1. The molecule has 19 heavy (non-hydrogen) atoms. The number of thiophene rings is 1. The summed E-state index contributed by atoms with van der Waals surface area (Å²) >= 11 is 13.6. The van der Waals surface area contributed by atoms with Crippen molar-refractivity contribution in [3.63, 3.8) is 0 Å². The molecule has 1 unspecified atom stereocenters. The highest BCUT2D eigenvalue weighted by Crippen LogP contribution is 2.34. The van der Waals surface area contributed by atoms with Crippen molar-refractivity contribution in [1.29, 1.82) is 0 Å². The monoisotopic (exact) mass is 315 g/mol. The van der Waals surface area contributed by atoms with Crippen LogP contribution in [0.1, 0.15) is 23.1 Å². The Balaban J connectivity index is 2.31. The van der Waals surface area contributed by atoms with Gasteiger partial charge in [0.1, 0.15) is 0 Å². The van der Waals surface area contributed by atoms with Gasteiger partial charge >= 0.3 is 0 Å². The van der Waals surface area contributed by atoms with E-state index in [0.717, 1.165) is 11.1 Å². The van der Waals surface area contributed by atoms with Crippen LogP contribution in [0.3, 0.4) is 0 Å². The van der Waals surface area contributed by atoms with E-state index in [1.165, 1.54) is 0 Å². The average molecular weight is 316 g/mol. The Kier molecular flexibility index (Phi) is 5.25. The number of benzene rings is 1. The van der Waals surface area contributed by atoms with Crippen molar-refractivity contribution in [3.05, 3.63) is 56.2 Å². The second kappa shape index (κ2) is 6.73. The minimum atomic E-state index is -0.559. The lowest BCUT2D eigenvalue weighted by molar-refractivity contribution is 0.144. The molecule has 0 saturated heterocycles. The molecule has 2 N–H and O–H groups in total. The second-order valence-corrected chi connectivity index (χ2v) is 5.93. The van der Waals surface area contributed by atoms with E-state index in [9.17, 15) is 5.11 Å². The number of nitrogens with one attached hydrogen (secondary N) is 1. The summed E-state index contributed by atoms with van der Waals surface area (Å²) in [5, 5.41) is 18.6. The first-order chi connectivity index (χ1) is 9.13. The van der Waals surface area contributed by atoms with Crippen molar-refractivity contribution in [2.45, 2.75) is 12.0 Å². The van der Waals surface area contributed by atoms with Crippen LogP contribution in [0.4, 0.5) is 0 Å². The van der Waals surface area contributed by atoms with E-state index in [2.05, 4.69) is 5.32 Å². The summed E-state index contributed by atoms with van der Waals surface area (Å²) in [4.78, 5) is 0. The molecule has 5 heteroatoms. The van der Waals surface area contributed by atoms with Crippen molar-refractivity contribution < 1.29 is 5.11 Å². The van der Waals surface area contributed by atoms with Crippen LogP contribution in [0.25, 0.3) is 0 Å². The standard InChI is InChI=1S/C14H15Cl2NOS/c1-17-7-11(14(18)10-4-5-19-8-10)9-2-3-12(15)13(16)6-9/h2-6,8,11,14,17-18H,7H2,1H3/t11?,14-/m0/s1. The molecule has 0 saturated carbocycles. The Morgan fingerprint density at radius 2 is 2.00 bits per heavy atom. The van der Waals surface area contributed by atoms with Crippen LogP contribution < -0.4 is 5.32 Å². The van der Waals surface area contributed by atoms with Gasteiger partial charge in [-0.2, -0.15) is 11.3 Å². The van der Waals surface area contributed by atoms with Gasteiger partial charge in [0.2, 0.25) is 0 Å². The Bertz CT molecular complexity index is 530. The maximum Gasteiger partial charge on any atom is 0.0878 e. The van der Waals surface area contributed by atoms with Gasteiger partial charge in [-0.15, -0.1) is 0 Å². The highest BCUT2D eigenvalue weighted by molar-refractivity contribution is 7.07. The predicted molar refractivity (Wildman–Crippen MR) is 82.4 cm³/mol. The molecular formula is C14H15Cl2NOS. The zero-order valence-electron chi connectivity index (χ0n) is 10.4. The van der Waals surface area contributed by atoms with Gasteiger partial charge in [0.15, 0.2) is 0 Å². The Morgan fingerprint density at radius 1 is 1.21 bits per heavy atom. The number of aliphatic hydroxyl groups is 1. The molecule has 0 bridgehead atoms. The van der Waals surface area contributed by atoms with Gasteiger partial charge in [-0.3, -0.25) is 0 Å². The quantitative estimate of drug-likeness (QED) is 0.871. The van der Waals surface area contributed by atoms with Crippen LogP contribution in [0.2, 0.25) is 10.0 Å². The Morgan fingerprint density at radius 3 is 2.58 bits per heavy atom. The summed E-state index contributed by atoms with van der Waals surface area (Å²) in [6.07, 6.45) is -0.559. The molecule has 0 aliphatic rings. The van der Waals surface area contributed by atoms with Crippen molar-refractivity contribution in [3.8, 4) is 0 Å². The molecule has 2 rings (SSSR count). The predicted octanol–water partition coefficient (Wildman–Crippen LogP) is 4.09. The van der Waals surface area contributed by atoms with Gasteiger partial charge in [-0.1, -0.05) is 29.3 Å². The normalized spacial score (nSPS) is 14.3. The molecule has 1 aromatic carbocycles. The van der Waals surface area contributed by atoms with Crippen LogP contribution in [0.5, 0.6) is 0 Å². The van der Waals surface area contributed by atoms with E-state index < -0.39 is 6.10 Å². The van der Waals surface area contributed by atoms with Crippen LogP contribution in [0.15, 0.2) is 35.0 Å². The van der Waals surface area contributed by atoms with Crippen molar-refractivity contribution >= 4 is 34.5 Å². The fourth-order valence-corrected chi connectivity index (χ4v) is 3.05. The molecule has 2 atom stereocenters. The molecule has 0 amide bonds. The fraction of sp³-hybridized carbons (Fsp3) is 0.286. The Labute approximate surface area is 127 Å². The maximum atomic E-state index is 10.5. The van der Waals surface area contributed by atoms with E-state index in [-0.39, 0.29) is 5.92 Å². The minimum absolute atomic E-state index is 0.0608. The summed E-state index contributed by atoms with van der Waals surface area (Å²) in [6.45, 7) is 0.662. The maximum absolute atomic E-state index is 10.5. The lowest BCUT2D eigenvalue weighted by Crippen LogP contribution is -2.22. The van der Waals surface area contributed by atoms with Gasteiger partial charge in [0.05, 0.1) is 16.1 Å². The molecule has 0 fully saturated rings. The molecule has 0 spiro atoms. The lowest BCUT2D eigenvalue weighted by atomic mass is 9.90. The van der Waals surface area contributed by atoms with Crippen LogP contribution in [0, 0.1) is 0 Å². The summed E-state index contributed by atoms with van der Waals surface area (Å²) in [5.74, 6) is -0.0608. The second-order valence-electron chi connectivity index (χ2n) is 4.34. The lowest BCUT2D eigenvalue weighted by Gasteiger charge is -2.23. The largest absolute Gasteiger partial charge is 0.388 e. The van der Waals surface area contributed by atoms with E-state index in [4.69, 9.17) is 23.2 Å². The zero-order chi connectivity index (χ0) is 13.8. The van der Waals surface area contributed by atoms with Gasteiger partial charge in [-0.05, 0) is 47.1 Å². The minimum Gasteiger partial charge on any atom is -0.388 e. The van der Waals surface area contributed by atoms with Gasteiger partial charge in [0.25, 0.3) is 0 Å². The van der Waals surface area contributed by atoms with Crippen LogP contribution in [-0.2, 0) is 0 Å². The van der Waals surface area contributed by atoms with E-state index in [1.54, 1.807) is 17.4 Å². The van der Waals surface area contributed by atoms with Crippen LogP contribution >= 0.6 is 34.5 Å². The van der Waals surface area contributed by atoms with Crippen molar-refractivity contribution in [2.75, 3.05) is 13.6 Å². The summed E-state index contributed by atoms with van der Waals surface area (Å²) in [6, 6.07) is 7.44. The van der Waals surface area contributed by atoms with Gasteiger partial charge in [-0.25, -0.2) is 0 Å². The molecule has 2 aromatic rings. The van der Waals surface area contributed by atoms with Crippen LogP contribution in [-0.4, -0.2) is 18.7 Å². The first-order valence-corrected chi connectivity index (χ1v) is 7.63. The van der Waals surface area contributed by atoms with Crippen molar-refractivity contribution in [2.24, 2.45) is 0 Å². The summed E-state index contributed by atoms with van der Waals surface area (Å²) in [7, 11) is 1.87. The molecule has 2 nitrogen and oxygen atoms in total. The SMILES string of the molecule is CNCC(c1ccc(Cl)c(Cl)c1)[C@@H](O)c1ccsc1. The number of halogens is 2. The van der Waals surface area contributed by atoms with Gasteiger partial charge < -0.3 is 10.4 Å². The first-order valence-electron chi connectivity index (χ1n) is 5.93. The fourth-order valence-electron chi connectivity index (χ4n) is 2.05. The first kappa shape index (κ1) is 14.8. The molecule has 0 aliphatic carbocycles. The van der Waals surface area contributed by atoms with E-state index in [1.807, 2.05) is 36.0 Å². The van der Waals surface area contributed by atoms with Crippen molar-refractivity contribution in [1.82, 2.24) is 5.32 Å². The van der Waals surface area contributed by atoms with E-state index >= 15 is 0 Å². The number of hydrogen-bond donors (Lipinski definition) is 2. The highest BCUT2D eigenvalue weighted by atomic mass is 35.5. The summed E-state index contributed by atoms with van der Waals surface area (Å²) in [5.41, 5.74) is 1.90. The number of rotatable bonds is 5. The highest BCUT2D eigenvalue weighted by Gasteiger charge is 2.23. The molecule has 0 aliphatic heterocycles. The van der Waals surface area contributed by atoms with Gasteiger partial charge in [0, 0.05) is 12.5 Å². The third-order valence-corrected chi connectivity index (χ3v) is 4.50. The van der Waals surface area contributed by atoms with E-state index in [0.29, 0.717) is 16.6 Å². The smallest absolute Gasteiger partial charge is 0.0878 e. The molecule has 102 valence electrons. The molecule has 0 radical (unpaired) electrons.